The molecule has 308 valence electrons. The van der Waals surface area contributed by atoms with Crippen molar-refractivity contribution in [3.63, 3.8) is 0 Å². The Kier molecular flexibility index (Phi) is 36.2. The zero-order valence-electron chi connectivity index (χ0n) is 33.4. The molecule has 0 aliphatic carbocycles. The number of allylic oxidation sites excluding steroid dienone is 18. The number of esters is 2. The van der Waals surface area contributed by atoms with Crippen LogP contribution in [0.4, 0.5) is 0 Å². The Bertz CT molecular complexity index is 1310. The van der Waals surface area contributed by atoms with Crippen LogP contribution in [0.5, 0.6) is 0 Å². The molecule has 2 atom stereocenters. The first-order chi connectivity index (χ1) is 26.7. The fraction of sp³-hybridized carbons (Fsp3) is 0.511. The molecule has 55 heavy (non-hydrogen) atoms. The Labute approximate surface area is 331 Å². The molecule has 0 rings (SSSR count). The lowest BCUT2D eigenvalue weighted by molar-refractivity contribution is -0.161. The second-order valence-electron chi connectivity index (χ2n) is 12.7. The highest BCUT2D eigenvalue weighted by atomic mass is 31.2. The molecule has 0 aromatic carbocycles. The van der Waals surface area contributed by atoms with Crippen LogP contribution in [-0.2, 0) is 28.2 Å². The van der Waals surface area contributed by atoms with E-state index < -0.39 is 38.6 Å². The van der Waals surface area contributed by atoms with Crippen LogP contribution in [0.25, 0.3) is 0 Å². The van der Waals surface area contributed by atoms with Crippen molar-refractivity contribution in [2.45, 2.75) is 135 Å². The highest BCUT2D eigenvalue weighted by Crippen LogP contribution is 2.35. The third-order valence-electron chi connectivity index (χ3n) is 7.56. The Morgan fingerprint density at radius 3 is 1.65 bits per heavy atom. The van der Waals surface area contributed by atoms with Gasteiger partial charge in [-0.1, -0.05) is 148 Å². The highest BCUT2D eigenvalue weighted by Gasteiger charge is 2.22. The summed E-state index contributed by atoms with van der Waals surface area (Å²) in [7, 11) is -4.80. The zero-order valence-corrected chi connectivity index (χ0v) is 34.3. The van der Waals surface area contributed by atoms with Crippen LogP contribution in [0.15, 0.2) is 122 Å². The van der Waals surface area contributed by atoms with Crippen molar-refractivity contribution in [3.8, 4) is 0 Å². The standard InChI is InChI=1S/C45H69O9P/c1-3-5-7-8-9-10-11-12-13-14-15-18-22-25-28-31-35-39-45(48)54-43(41-53-55(49,50)51)40-52-44(47)38-34-30-27-24-21-19-16-17-20-23-26-29-33-37-42(46)36-32-6-4-2/h6,9-10,12-13,15,17-21,25-30,32-33,37,42-43,46H,3-5,7-8,11,14,16,22-24,31,34-36,38-41H2,1-2H3,(H2,49,50,51)/b10-9-,13-12-,18-15-,20-17-,21-19-,28-25-,29-26+,30-27-,32-6-,37-33+/t42?,43-/m1/s1. The van der Waals surface area contributed by atoms with Crippen molar-refractivity contribution >= 4 is 19.8 Å². The number of phosphoric acid groups is 1. The van der Waals surface area contributed by atoms with Gasteiger partial charge in [-0.15, -0.1) is 0 Å². The van der Waals surface area contributed by atoms with Crippen LogP contribution in [0.2, 0.25) is 0 Å². The van der Waals surface area contributed by atoms with Gasteiger partial charge in [-0.05, 0) is 83.5 Å². The molecular weight excluding hydrogens is 715 g/mol. The Morgan fingerprint density at radius 2 is 1.11 bits per heavy atom. The van der Waals surface area contributed by atoms with Crippen molar-refractivity contribution < 1.29 is 43.0 Å². The third kappa shape index (κ3) is 41.4. The van der Waals surface area contributed by atoms with E-state index in [9.17, 15) is 19.3 Å². The van der Waals surface area contributed by atoms with Crippen LogP contribution in [0.3, 0.4) is 0 Å². The quantitative estimate of drug-likeness (QED) is 0.0191. The minimum atomic E-state index is -4.80. The molecule has 0 aliphatic rings. The number of hydrogen-bond donors (Lipinski definition) is 3. The molecule has 1 unspecified atom stereocenters. The summed E-state index contributed by atoms with van der Waals surface area (Å²) in [4.78, 5) is 42.7. The van der Waals surface area contributed by atoms with Gasteiger partial charge in [0.1, 0.15) is 6.61 Å². The molecule has 0 spiro atoms. The first-order valence-electron chi connectivity index (χ1n) is 19.9. The number of carbonyl (C=O) groups excluding carboxylic acids is 2. The fourth-order valence-electron chi connectivity index (χ4n) is 4.59. The minimum absolute atomic E-state index is 0.104. The zero-order chi connectivity index (χ0) is 40.5. The van der Waals surface area contributed by atoms with Gasteiger partial charge in [0.05, 0.1) is 12.7 Å². The van der Waals surface area contributed by atoms with Gasteiger partial charge in [-0.3, -0.25) is 14.1 Å². The maximum absolute atomic E-state index is 12.4. The van der Waals surface area contributed by atoms with Crippen LogP contribution >= 0.6 is 7.82 Å². The Morgan fingerprint density at radius 1 is 0.582 bits per heavy atom. The summed E-state index contributed by atoms with van der Waals surface area (Å²) in [6.45, 7) is 3.31. The van der Waals surface area contributed by atoms with Crippen LogP contribution < -0.4 is 0 Å². The smallest absolute Gasteiger partial charge is 0.462 e. The van der Waals surface area contributed by atoms with Crippen LogP contribution in [-0.4, -0.2) is 52.3 Å². The summed E-state index contributed by atoms with van der Waals surface area (Å²) in [5.41, 5.74) is 0. The number of ether oxygens (including phenoxy) is 2. The normalized spacial score (nSPS) is 14.3. The van der Waals surface area contributed by atoms with E-state index in [1.807, 2.05) is 60.8 Å². The van der Waals surface area contributed by atoms with Crippen LogP contribution in [0.1, 0.15) is 123 Å². The lowest BCUT2D eigenvalue weighted by Crippen LogP contribution is -2.29. The van der Waals surface area contributed by atoms with Gasteiger partial charge in [-0.25, -0.2) is 4.57 Å². The summed E-state index contributed by atoms with van der Waals surface area (Å²) in [5, 5.41) is 9.81. The number of hydrogen-bond acceptors (Lipinski definition) is 7. The predicted molar refractivity (Wildman–Crippen MR) is 226 cm³/mol. The molecule has 0 aliphatic heterocycles. The summed E-state index contributed by atoms with van der Waals surface area (Å²) in [6.07, 6.45) is 52.6. The topological polar surface area (TPSA) is 140 Å². The predicted octanol–water partition coefficient (Wildman–Crippen LogP) is 11.1. The molecule has 0 fully saturated rings. The second-order valence-corrected chi connectivity index (χ2v) is 14.0. The van der Waals surface area contributed by atoms with Gasteiger partial charge in [0.25, 0.3) is 0 Å². The number of rotatable bonds is 34. The molecule has 0 radical (unpaired) electrons. The number of unbranched alkanes of at least 4 members (excludes halogenated alkanes) is 4. The Hall–Kier alpha value is -3.59. The molecule has 9 nitrogen and oxygen atoms in total. The Balaban J connectivity index is 4.24. The summed E-state index contributed by atoms with van der Waals surface area (Å²) in [5.74, 6) is -1.08. The number of phosphoric ester groups is 1. The molecule has 0 aromatic rings. The summed E-state index contributed by atoms with van der Waals surface area (Å²) < 4.78 is 26.2. The molecule has 0 bridgehead atoms. The van der Waals surface area contributed by atoms with E-state index in [4.69, 9.17) is 19.3 Å². The summed E-state index contributed by atoms with van der Waals surface area (Å²) >= 11 is 0. The second kappa shape index (κ2) is 38.7. The van der Waals surface area contributed by atoms with Gasteiger partial charge < -0.3 is 24.4 Å². The van der Waals surface area contributed by atoms with E-state index in [1.54, 1.807) is 6.08 Å². The first kappa shape index (κ1) is 51.4. The average Bonchev–Trinajstić information content (AvgIpc) is 3.15. The lowest BCUT2D eigenvalue weighted by Gasteiger charge is -2.18. The molecule has 0 saturated carbocycles. The van der Waals surface area contributed by atoms with E-state index >= 15 is 0 Å². The number of carbonyl (C=O) groups is 2. The van der Waals surface area contributed by atoms with Gasteiger partial charge in [0, 0.05) is 12.8 Å². The van der Waals surface area contributed by atoms with Crippen LogP contribution in [0, 0.1) is 0 Å². The molecule has 10 heteroatoms. The monoisotopic (exact) mass is 784 g/mol. The third-order valence-corrected chi connectivity index (χ3v) is 8.04. The molecule has 3 N–H and O–H groups in total. The van der Waals surface area contributed by atoms with E-state index in [0.29, 0.717) is 25.7 Å². The molecule has 0 saturated heterocycles. The molecular formula is C45H69O9P. The number of aliphatic hydroxyl groups is 1. The van der Waals surface area contributed by atoms with E-state index in [-0.39, 0.29) is 19.4 Å². The van der Waals surface area contributed by atoms with Gasteiger partial charge >= 0.3 is 19.8 Å². The summed E-state index contributed by atoms with van der Waals surface area (Å²) in [6, 6.07) is 0. The lowest BCUT2D eigenvalue weighted by atomic mass is 10.2. The van der Waals surface area contributed by atoms with Crippen molar-refractivity contribution in [3.05, 3.63) is 122 Å². The SMILES string of the molecule is CC/C=C\CC(O)/C=C/C=C/C/C=C\C/C=C\C/C=C\CCC(=O)OC[C@H](COP(=O)(O)O)OC(=O)CCC/C=C\C/C=C\C/C=C\C/C=C\CCCCC. The van der Waals surface area contributed by atoms with E-state index in [2.05, 4.69) is 73.1 Å². The fourth-order valence-corrected chi connectivity index (χ4v) is 4.95. The highest BCUT2D eigenvalue weighted by molar-refractivity contribution is 7.46. The molecule has 0 heterocycles. The average molecular weight is 785 g/mol. The van der Waals surface area contributed by atoms with Crippen molar-refractivity contribution in [2.24, 2.45) is 0 Å². The van der Waals surface area contributed by atoms with Crippen molar-refractivity contribution in [1.29, 1.82) is 0 Å². The number of aliphatic hydroxyl groups excluding tert-OH is 1. The largest absolute Gasteiger partial charge is 0.469 e. The molecule has 0 amide bonds. The minimum Gasteiger partial charge on any atom is -0.462 e. The van der Waals surface area contributed by atoms with Gasteiger partial charge in [0.15, 0.2) is 6.10 Å². The van der Waals surface area contributed by atoms with Crippen molar-refractivity contribution in [1.82, 2.24) is 0 Å². The maximum Gasteiger partial charge on any atom is 0.469 e. The van der Waals surface area contributed by atoms with Gasteiger partial charge in [-0.2, -0.15) is 0 Å². The first-order valence-corrected chi connectivity index (χ1v) is 21.5. The van der Waals surface area contributed by atoms with E-state index in [0.717, 1.165) is 51.4 Å². The maximum atomic E-state index is 12.4. The van der Waals surface area contributed by atoms with E-state index in [1.165, 1.54) is 19.3 Å². The van der Waals surface area contributed by atoms with Crippen molar-refractivity contribution in [2.75, 3.05) is 13.2 Å². The molecule has 0 aromatic heterocycles. The van der Waals surface area contributed by atoms with Gasteiger partial charge in [0.2, 0.25) is 0 Å².